The Labute approximate surface area is 161 Å². The first-order chi connectivity index (χ1) is 12.5. The van der Waals surface area contributed by atoms with Crippen LogP contribution >= 0.6 is 22.9 Å². The van der Waals surface area contributed by atoms with Crippen LogP contribution in [0.3, 0.4) is 0 Å². The van der Waals surface area contributed by atoms with Crippen LogP contribution in [-0.2, 0) is 4.79 Å². The summed E-state index contributed by atoms with van der Waals surface area (Å²) in [5, 5.41) is 12.8. The Hall–Kier alpha value is -2.44. The number of rotatable bonds is 6. The van der Waals surface area contributed by atoms with E-state index in [4.69, 9.17) is 16.3 Å². The third kappa shape index (κ3) is 4.59. The molecule has 134 valence electrons. The lowest BCUT2D eigenvalue weighted by Crippen LogP contribution is -2.32. The number of nitrogens with zero attached hydrogens (tertiary/aromatic N) is 2. The molecule has 5 nitrogen and oxygen atoms in total. The van der Waals surface area contributed by atoms with Crippen LogP contribution in [0.1, 0.15) is 18.9 Å². The molecule has 0 fully saturated rings. The number of carbonyl (C=O) groups is 1. The molecule has 0 saturated heterocycles. The van der Waals surface area contributed by atoms with Gasteiger partial charge in [0, 0.05) is 10.6 Å². The highest BCUT2D eigenvalue weighted by molar-refractivity contribution is 7.18. The number of halogens is 1. The van der Waals surface area contributed by atoms with Crippen molar-refractivity contribution in [2.75, 3.05) is 5.32 Å². The predicted molar refractivity (Wildman–Crippen MR) is 105 cm³/mol. The Bertz CT molecular complexity index is 896. The molecule has 1 amide bonds. The van der Waals surface area contributed by atoms with Gasteiger partial charge >= 0.3 is 0 Å². The number of anilines is 1. The van der Waals surface area contributed by atoms with Gasteiger partial charge in [-0.05, 0) is 43.2 Å². The number of hydrogen-bond acceptors (Lipinski definition) is 5. The standard InChI is InChI=1S/C19H18ClN3O2S/c1-3-16(25-15-6-4-5-12(2)11-15)17(24)21-19-23-22-18(26-19)13-7-9-14(20)10-8-13/h4-11,16H,3H2,1-2H3,(H,21,23,24). The van der Waals surface area contributed by atoms with Gasteiger partial charge in [-0.15, -0.1) is 10.2 Å². The first-order valence-corrected chi connectivity index (χ1v) is 9.38. The summed E-state index contributed by atoms with van der Waals surface area (Å²) >= 11 is 7.20. The summed E-state index contributed by atoms with van der Waals surface area (Å²) in [6, 6.07) is 14.9. The van der Waals surface area contributed by atoms with E-state index in [2.05, 4.69) is 15.5 Å². The summed E-state index contributed by atoms with van der Waals surface area (Å²) in [5.74, 6) is 0.430. The zero-order valence-electron chi connectivity index (χ0n) is 14.4. The number of ether oxygens (including phenoxy) is 1. The Balaban J connectivity index is 1.67. The van der Waals surface area contributed by atoms with Crippen LogP contribution in [0.2, 0.25) is 5.02 Å². The van der Waals surface area contributed by atoms with Gasteiger partial charge in [0.05, 0.1) is 0 Å². The van der Waals surface area contributed by atoms with Gasteiger partial charge in [-0.3, -0.25) is 10.1 Å². The molecule has 1 atom stereocenters. The van der Waals surface area contributed by atoms with Crippen molar-refractivity contribution in [1.82, 2.24) is 10.2 Å². The highest BCUT2D eigenvalue weighted by atomic mass is 35.5. The monoisotopic (exact) mass is 387 g/mol. The fourth-order valence-electron chi connectivity index (χ4n) is 2.34. The van der Waals surface area contributed by atoms with Crippen LogP contribution < -0.4 is 10.1 Å². The predicted octanol–water partition coefficient (Wildman–Crippen LogP) is 4.96. The number of hydrogen-bond donors (Lipinski definition) is 1. The molecule has 0 aliphatic heterocycles. The normalized spacial score (nSPS) is 11.8. The fourth-order valence-corrected chi connectivity index (χ4v) is 3.22. The third-order valence-electron chi connectivity index (χ3n) is 3.68. The number of aromatic nitrogens is 2. The molecular formula is C19H18ClN3O2S. The second-order valence-electron chi connectivity index (χ2n) is 5.74. The van der Waals surface area contributed by atoms with E-state index in [1.807, 2.05) is 50.2 Å². The summed E-state index contributed by atoms with van der Waals surface area (Å²) in [6.45, 7) is 3.88. The average molecular weight is 388 g/mol. The van der Waals surface area contributed by atoms with Gasteiger partial charge in [0.25, 0.3) is 5.91 Å². The highest BCUT2D eigenvalue weighted by Gasteiger charge is 2.20. The van der Waals surface area contributed by atoms with Crippen LogP contribution in [0.4, 0.5) is 5.13 Å². The zero-order valence-corrected chi connectivity index (χ0v) is 16.0. The molecule has 7 heteroatoms. The van der Waals surface area contributed by atoms with Crippen molar-refractivity contribution in [2.45, 2.75) is 26.4 Å². The summed E-state index contributed by atoms with van der Waals surface area (Å²) in [5.41, 5.74) is 1.98. The maximum atomic E-state index is 12.5. The quantitative estimate of drug-likeness (QED) is 0.649. The van der Waals surface area contributed by atoms with Crippen LogP contribution in [0.25, 0.3) is 10.6 Å². The Kier molecular flexibility index (Phi) is 5.85. The third-order valence-corrected chi connectivity index (χ3v) is 4.82. The topological polar surface area (TPSA) is 64.1 Å². The first kappa shape index (κ1) is 18.4. The van der Waals surface area contributed by atoms with Crippen LogP contribution in [0.15, 0.2) is 48.5 Å². The lowest BCUT2D eigenvalue weighted by molar-refractivity contribution is -0.122. The Morgan fingerprint density at radius 1 is 1.23 bits per heavy atom. The van der Waals surface area contributed by atoms with E-state index in [0.29, 0.717) is 27.3 Å². The summed E-state index contributed by atoms with van der Waals surface area (Å²) in [6.07, 6.45) is -0.0533. The minimum atomic E-state index is -0.598. The van der Waals surface area contributed by atoms with E-state index in [1.165, 1.54) is 11.3 Å². The van der Waals surface area contributed by atoms with Gasteiger partial charge in [-0.25, -0.2) is 0 Å². The van der Waals surface area contributed by atoms with Crippen molar-refractivity contribution in [1.29, 1.82) is 0 Å². The van der Waals surface area contributed by atoms with E-state index in [-0.39, 0.29) is 5.91 Å². The summed E-state index contributed by atoms with van der Waals surface area (Å²) < 4.78 is 5.81. The molecule has 0 bridgehead atoms. The lowest BCUT2D eigenvalue weighted by atomic mass is 10.2. The minimum absolute atomic E-state index is 0.243. The SMILES string of the molecule is CCC(Oc1cccc(C)c1)C(=O)Nc1nnc(-c2ccc(Cl)cc2)s1. The van der Waals surface area contributed by atoms with E-state index in [1.54, 1.807) is 12.1 Å². The summed E-state index contributed by atoms with van der Waals surface area (Å²) in [7, 11) is 0. The van der Waals surface area contributed by atoms with Gasteiger partial charge < -0.3 is 4.74 Å². The lowest BCUT2D eigenvalue weighted by Gasteiger charge is -2.16. The van der Waals surface area contributed by atoms with Gasteiger partial charge in [0.15, 0.2) is 6.10 Å². The van der Waals surface area contributed by atoms with Crippen molar-refractivity contribution in [3.63, 3.8) is 0 Å². The molecule has 0 aliphatic rings. The maximum absolute atomic E-state index is 12.5. The molecule has 3 rings (SSSR count). The van der Waals surface area contributed by atoms with E-state index >= 15 is 0 Å². The maximum Gasteiger partial charge on any atom is 0.267 e. The highest BCUT2D eigenvalue weighted by Crippen LogP contribution is 2.27. The second kappa shape index (κ2) is 8.29. The number of carbonyl (C=O) groups excluding carboxylic acids is 1. The van der Waals surface area contributed by atoms with E-state index in [9.17, 15) is 4.79 Å². The molecule has 0 aliphatic carbocycles. The summed E-state index contributed by atoms with van der Waals surface area (Å²) in [4.78, 5) is 12.5. The Morgan fingerprint density at radius 3 is 2.69 bits per heavy atom. The van der Waals surface area contributed by atoms with Crippen molar-refractivity contribution in [2.24, 2.45) is 0 Å². The van der Waals surface area contributed by atoms with E-state index < -0.39 is 6.10 Å². The van der Waals surface area contributed by atoms with Gasteiger partial charge in [0.1, 0.15) is 10.8 Å². The molecular weight excluding hydrogens is 370 g/mol. The molecule has 26 heavy (non-hydrogen) atoms. The van der Waals surface area contributed by atoms with Gasteiger partial charge in [-0.2, -0.15) is 0 Å². The van der Waals surface area contributed by atoms with E-state index in [0.717, 1.165) is 11.1 Å². The molecule has 0 spiro atoms. The first-order valence-electron chi connectivity index (χ1n) is 8.19. The molecule has 2 aromatic carbocycles. The van der Waals surface area contributed by atoms with Gasteiger partial charge in [0.2, 0.25) is 5.13 Å². The smallest absolute Gasteiger partial charge is 0.267 e. The average Bonchev–Trinajstić information content (AvgIpc) is 3.08. The number of amides is 1. The molecule has 0 saturated carbocycles. The zero-order chi connectivity index (χ0) is 18.5. The minimum Gasteiger partial charge on any atom is -0.481 e. The van der Waals surface area contributed by atoms with Crippen molar-refractivity contribution < 1.29 is 9.53 Å². The number of nitrogens with one attached hydrogen (secondary N) is 1. The second-order valence-corrected chi connectivity index (χ2v) is 7.15. The van der Waals surface area contributed by atoms with Crippen LogP contribution in [-0.4, -0.2) is 22.2 Å². The largest absolute Gasteiger partial charge is 0.481 e. The number of benzene rings is 2. The molecule has 0 radical (unpaired) electrons. The van der Waals surface area contributed by atoms with Crippen molar-refractivity contribution >= 4 is 34.0 Å². The number of aryl methyl sites for hydroxylation is 1. The molecule has 1 unspecified atom stereocenters. The van der Waals surface area contributed by atoms with Crippen molar-refractivity contribution in [3.05, 3.63) is 59.1 Å². The molecule has 1 N–H and O–H groups in total. The molecule has 1 heterocycles. The van der Waals surface area contributed by atoms with Gasteiger partial charge in [-0.1, -0.05) is 54.1 Å². The van der Waals surface area contributed by atoms with Crippen LogP contribution in [0.5, 0.6) is 5.75 Å². The van der Waals surface area contributed by atoms with Crippen LogP contribution in [0, 0.1) is 6.92 Å². The fraction of sp³-hybridized carbons (Fsp3) is 0.211. The van der Waals surface area contributed by atoms with Crippen molar-refractivity contribution in [3.8, 4) is 16.3 Å². The molecule has 1 aromatic heterocycles. The molecule has 3 aromatic rings. The Morgan fingerprint density at radius 2 is 2.00 bits per heavy atom.